The number of aromatic nitrogens is 1. The van der Waals surface area contributed by atoms with Crippen molar-refractivity contribution in [1.82, 2.24) is 4.98 Å². The molecule has 5 nitrogen and oxygen atoms in total. The van der Waals surface area contributed by atoms with Gasteiger partial charge in [-0.25, -0.2) is 4.98 Å². The van der Waals surface area contributed by atoms with Crippen LogP contribution in [0.5, 0.6) is 11.5 Å². The van der Waals surface area contributed by atoms with Crippen LogP contribution >= 0.6 is 11.3 Å². The second-order valence-electron chi connectivity index (χ2n) is 4.96. The highest BCUT2D eigenvalue weighted by Gasteiger charge is 2.11. The van der Waals surface area contributed by atoms with E-state index in [0.29, 0.717) is 16.4 Å². The van der Waals surface area contributed by atoms with Gasteiger partial charge in [-0.1, -0.05) is 18.2 Å². The molecular weight excluding hydrogens is 324 g/mol. The summed E-state index contributed by atoms with van der Waals surface area (Å²) in [6.07, 6.45) is 0. The number of anilines is 1. The van der Waals surface area contributed by atoms with Crippen LogP contribution in [0.3, 0.4) is 0 Å². The molecule has 24 heavy (non-hydrogen) atoms. The van der Waals surface area contributed by atoms with Gasteiger partial charge in [0.1, 0.15) is 11.5 Å². The van der Waals surface area contributed by atoms with E-state index in [2.05, 4.69) is 10.3 Å². The van der Waals surface area contributed by atoms with Gasteiger partial charge in [-0.2, -0.15) is 0 Å². The summed E-state index contributed by atoms with van der Waals surface area (Å²) in [5.74, 6) is 1.18. The molecule has 0 spiro atoms. The molecule has 0 atom stereocenters. The van der Waals surface area contributed by atoms with Crippen molar-refractivity contribution in [2.75, 3.05) is 19.5 Å². The van der Waals surface area contributed by atoms with Gasteiger partial charge in [0.25, 0.3) is 5.91 Å². The van der Waals surface area contributed by atoms with Crippen molar-refractivity contribution in [3.8, 4) is 22.8 Å². The van der Waals surface area contributed by atoms with Crippen LogP contribution in [0.25, 0.3) is 11.3 Å². The fourth-order valence-electron chi connectivity index (χ4n) is 2.18. The number of ether oxygens (including phenoxy) is 2. The number of thiazole rings is 1. The summed E-state index contributed by atoms with van der Waals surface area (Å²) in [4.78, 5) is 16.8. The standard InChI is InChI=1S/C18H16N2O3S/c1-22-14-7-3-5-12(9-14)16-11-24-18(19-16)20-17(21)13-6-4-8-15(10-13)23-2/h3-11H,1-2H3,(H,19,20,21). The first-order chi connectivity index (χ1) is 11.7. The molecule has 6 heteroatoms. The summed E-state index contributed by atoms with van der Waals surface area (Å²) >= 11 is 1.38. The summed E-state index contributed by atoms with van der Waals surface area (Å²) in [7, 11) is 3.19. The van der Waals surface area contributed by atoms with E-state index in [1.54, 1.807) is 38.5 Å². The summed E-state index contributed by atoms with van der Waals surface area (Å²) in [5.41, 5.74) is 2.25. The predicted molar refractivity (Wildman–Crippen MR) is 95.0 cm³/mol. The molecule has 1 N–H and O–H groups in total. The monoisotopic (exact) mass is 340 g/mol. The maximum absolute atomic E-state index is 12.3. The van der Waals surface area contributed by atoms with Gasteiger partial charge >= 0.3 is 0 Å². The molecule has 0 fully saturated rings. The largest absolute Gasteiger partial charge is 0.497 e. The van der Waals surface area contributed by atoms with Crippen molar-refractivity contribution >= 4 is 22.4 Å². The average Bonchev–Trinajstić information content (AvgIpc) is 3.10. The number of hydrogen-bond acceptors (Lipinski definition) is 5. The van der Waals surface area contributed by atoms with Crippen LogP contribution in [0.2, 0.25) is 0 Å². The maximum Gasteiger partial charge on any atom is 0.257 e. The van der Waals surface area contributed by atoms with E-state index in [0.717, 1.165) is 17.0 Å². The fraction of sp³-hybridized carbons (Fsp3) is 0.111. The van der Waals surface area contributed by atoms with Crippen LogP contribution in [0.15, 0.2) is 53.9 Å². The number of methoxy groups -OCH3 is 2. The molecule has 0 saturated heterocycles. The first-order valence-electron chi connectivity index (χ1n) is 7.25. The average molecular weight is 340 g/mol. The summed E-state index contributed by atoms with van der Waals surface area (Å²) < 4.78 is 10.4. The lowest BCUT2D eigenvalue weighted by Gasteiger charge is -2.04. The van der Waals surface area contributed by atoms with Crippen LogP contribution in [-0.2, 0) is 0 Å². The molecule has 0 aliphatic rings. The third-order valence-electron chi connectivity index (χ3n) is 3.42. The highest BCUT2D eigenvalue weighted by Crippen LogP contribution is 2.27. The van der Waals surface area contributed by atoms with E-state index in [1.165, 1.54) is 11.3 Å². The molecule has 0 bridgehead atoms. The van der Waals surface area contributed by atoms with Gasteiger partial charge in [0.15, 0.2) is 5.13 Å². The molecule has 0 radical (unpaired) electrons. The van der Waals surface area contributed by atoms with Crippen molar-refractivity contribution < 1.29 is 14.3 Å². The molecule has 0 aliphatic carbocycles. The van der Waals surface area contributed by atoms with Crippen molar-refractivity contribution in [2.45, 2.75) is 0 Å². The van der Waals surface area contributed by atoms with Gasteiger partial charge in [-0.15, -0.1) is 11.3 Å². The first-order valence-corrected chi connectivity index (χ1v) is 8.13. The quantitative estimate of drug-likeness (QED) is 0.760. The molecule has 0 aliphatic heterocycles. The number of rotatable bonds is 5. The lowest BCUT2D eigenvalue weighted by atomic mass is 10.2. The van der Waals surface area contributed by atoms with Crippen LogP contribution in [0.1, 0.15) is 10.4 Å². The van der Waals surface area contributed by atoms with Gasteiger partial charge in [0.2, 0.25) is 0 Å². The minimum atomic E-state index is -0.222. The molecule has 1 heterocycles. The topological polar surface area (TPSA) is 60.5 Å². The Kier molecular flexibility index (Phi) is 4.77. The smallest absolute Gasteiger partial charge is 0.257 e. The molecule has 3 rings (SSSR count). The van der Waals surface area contributed by atoms with Gasteiger partial charge in [0.05, 0.1) is 19.9 Å². The first kappa shape index (κ1) is 16.0. The Bertz CT molecular complexity index is 861. The number of benzene rings is 2. The van der Waals surface area contributed by atoms with Gasteiger partial charge in [-0.05, 0) is 30.3 Å². The number of hydrogen-bond donors (Lipinski definition) is 1. The van der Waals surface area contributed by atoms with E-state index in [1.807, 2.05) is 29.6 Å². The van der Waals surface area contributed by atoms with Crippen molar-refractivity contribution in [1.29, 1.82) is 0 Å². The number of amides is 1. The zero-order valence-corrected chi connectivity index (χ0v) is 14.1. The van der Waals surface area contributed by atoms with E-state index < -0.39 is 0 Å². The van der Waals surface area contributed by atoms with E-state index in [9.17, 15) is 4.79 Å². The molecule has 0 unspecified atom stereocenters. The van der Waals surface area contributed by atoms with Crippen LogP contribution in [0, 0.1) is 0 Å². The minimum Gasteiger partial charge on any atom is -0.497 e. The summed E-state index contributed by atoms with van der Waals surface area (Å²) in [5, 5.41) is 5.25. The maximum atomic E-state index is 12.3. The van der Waals surface area contributed by atoms with E-state index in [-0.39, 0.29) is 5.91 Å². The van der Waals surface area contributed by atoms with Crippen molar-refractivity contribution in [2.24, 2.45) is 0 Å². The Morgan fingerprint density at radius 3 is 2.50 bits per heavy atom. The van der Waals surface area contributed by atoms with Gasteiger partial charge in [0, 0.05) is 16.5 Å². The van der Waals surface area contributed by atoms with Crippen LogP contribution < -0.4 is 14.8 Å². The van der Waals surface area contributed by atoms with Crippen LogP contribution in [0.4, 0.5) is 5.13 Å². The molecule has 3 aromatic rings. The lowest BCUT2D eigenvalue weighted by Crippen LogP contribution is -2.11. The van der Waals surface area contributed by atoms with Gasteiger partial charge < -0.3 is 9.47 Å². The Balaban J connectivity index is 1.77. The lowest BCUT2D eigenvalue weighted by molar-refractivity contribution is 0.102. The number of carbonyl (C=O) groups is 1. The van der Waals surface area contributed by atoms with E-state index in [4.69, 9.17) is 9.47 Å². The predicted octanol–water partition coefficient (Wildman–Crippen LogP) is 4.08. The third kappa shape index (κ3) is 3.55. The SMILES string of the molecule is COc1cccc(C(=O)Nc2nc(-c3cccc(OC)c3)cs2)c1. The second-order valence-corrected chi connectivity index (χ2v) is 5.81. The second kappa shape index (κ2) is 7.14. The molecular formula is C18H16N2O3S. The van der Waals surface area contributed by atoms with Crippen molar-refractivity contribution in [3.05, 3.63) is 59.5 Å². The Morgan fingerprint density at radius 1 is 1.04 bits per heavy atom. The fourth-order valence-corrected chi connectivity index (χ4v) is 2.89. The van der Waals surface area contributed by atoms with Crippen LogP contribution in [-0.4, -0.2) is 25.1 Å². The zero-order chi connectivity index (χ0) is 16.9. The number of nitrogens with zero attached hydrogens (tertiary/aromatic N) is 1. The Hall–Kier alpha value is -2.86. The molecule has 122 valence electrons. The zero-order valence-electron chi connectivity index (χ0n) is 13.3. The van der Waals surface area contributed by atoms with Crippen molar-refractivity contribution in [3.63, 3.8) is 0 Å². The highest BCUT2D eigenvalue weighted by molar-refractivity contribution is 7.14. The minimum absolute atomic E-state index is 0.222. The Morgan fingerprint density at radius 2 is 1.75 bits per heavy atom. The van der Waals surface area contributed by atoms with Gasteiger partial charge in [-0.3, -0.25) is 10.1 Å². The Labute approximate surface area is 143 Å². The third-order valence-corrected chi connectivity index (χ3v) is 4.18. The molecule has 1 amide bonds. The van der Waals surface area contributed by atoms with E-state index >= 15 is 0 Å². The molecule has 1 aromatic heterocycles. The summed E-state index contributed by atoms with van der Waals surface area (Å²) in [6.45, 7) is 0. The highest BCUT2D eigenvalue weighted by atomic mass is 32.1. The molecule has 0 saturated carbocycles. The number of carbonyl (C=O) groups excluding carboxylic acids is 1. The molecule has 2 aromatic carbocycles. The summed E-state index contributed by atoms with van der Waals surface area (Å²) in [6, 6.07) is 14.6. The normalized spacial score (nSPS) is 10.2. The number of nitrogens with one attached hydrogen (secondary N) is 1.